The molecule has 0 aliphatic heterocycles. The van der Waals surface area contributed by atoms with Gasteiger partial charge in [0.05, 0.1) is 26.1 Å². The third-order valence-corrected chi connectivity index (χ3v) is 6.96. The number of methoxy groups -OCH3 is 1. The molecule has 0 aliphatic rings. The topological polar surface area (TPSA) is 179 Å². The molecule has 14 nitrogen and oxygen atoms in total. The zero-order valence-corrected chi connectivity index (χ0v) is 28.7. The lowest BCUT2D eigenvalue weighted by Crippen LogP contribution is -2.21. The van der Waals surface area contributed by atoms with E-state index in [1.807, 2.05) is 19.8 Å². The van der Waals surface area contributed by atoms with Crippen LogP contribution in [0.15, 0.2) is 37.8 Å². The lowest BCUT2D eigenvalue weighted by atomic mass is 10.1. The van der Waals surface area contributed by atoms with Crippen LogP contribution in [0.4, 0.5) is 11.6 Å². The van der Waals surface area contributed by atoms with E-state index in [4.69, 9.17) is 22.6 Å². The highest BCUT2D eigenvalue weighted by Gasteiger charge is 2.21. The second-order valence-electron chi connectivity index (χ2n) is 13.6. The van der Waals surface area contributed by atoms with Crippen LogP contribution in [-0.2, 0) is 16.6 Å². The minimum atomic E-state index is -0.124. The summed E-state index contributed by atoms with van der Waals surface area (Å²) in [6.07, 6.45) is 13.8. The van der Waals surface area contributed by atoms with Crippen LogP contribution in [0.1, 0.15) is 74.0 Å². The summed E-state index contributed by atoms with van der Waals surface area (Å²) in [6, 6.07) is 1.82. The molecule has 0 radical (unpaired) electrons. The van der Waals surface area contributed by atoms with Crippen molar-refractivity contribution in [2.75, 3.05) is 18.6 Å². The Hall–Kier alpha value is -5.58. The molecule has 0 unspecified atom stereocenters. The lowest BCUT2D eigenvalue weighted by molar-refractivity contribution is 0.405. The zero-order valence-electron chi connectivity index (χ0n) is 28.7. The lowest BCUT2D eigenvalue weighted by Gasteiger charge is -2.20. The summed E-state index contributed by atoms with van der Waals surface area (Å²) in [4.78, 5) is 33.8. The smallest absolute Gasteiger partial charge is 0.208 e. The number of aromatic nitrogens is 11. The standard InChI is InChI=1S/C11H15N5.C11H13N5.C11H15N3O/c2*1-5-7-14-9(12)8-10(15-7)16(6-13-8)11(2,3)4;1-11(2,3)14-7-13-9-8(15-4)5-6-12-10(9)14/h5-6H,1H2,2-4H3,(H2,12,14,15);1,6H,2-4H3,(H2,12,14,15);5-7H,1-4H3. The first kappa shape index (κ1) is 34.3. The van der Waals surface area contributed by atoms with Crippen molar-refractivity contribution in [1.29, 1.82) is 0 Å². The van der Waals surface area contributed by atoms with Gasteiger partial charge in [0, 0.05) is 28.9 Å². The predicted molar refractivity (Wildman–Crippen MR) is 187 cm³/mol. The SMILES string of the molecule is C#Cc1nc(N)c2ncn(C(C)(C)C)c2n1.C=Cc1nc(N)c2ncn(C(C)(C)C)c2n1.COc1ccnc2c1ncn2C(C)(C)C. The van der Waals surface area contributed by atoms with Crippen LogP contribution >= 0.6 is 0 Å². The highest BCUT2D eigenvalue weighted by molar-refractivity contribution is 5.83. The first-order valence-corrected chi connectivity index (χ1v) is 14.9. The first-order chi connectivity index (χ1) is 21.9. The van der Waals surface area contributed by atoms with Crippen molar-refractivity contribution in [3.8, 4) is 18.1 Å². The molecule has 6 heterocycles. The Morgan fingerprint density at radius 2 is 1.17 bits per heavy atom. The van der Waals surface area contributed by atoms with E-state index in [0.717, 1.165) is 22.6 Å². The molecule has 47 heavy (non-hydrogen) atoms. The molecule has 0 spiro atoms. The molecule has 0 aliphatic carbocycles. The van der Waals surface area contributed by atoms with Crippen molar-refractivity contribution in [3.63, 3.8) is 0 Å². The fourth-order valence-electron chi connectivity index (χ4n) is 4.55. The number of nitrogens with zero attached hydrogens (tertiary/aromatic N) is 11. The minimum absolute atomic E-state index is 0.0197. The number of rotatable bonds is 2. The van der Waals surface area contributed by atoms with Crippen molar-refractivity contribution >= 4 is 51.2 Å². The molecule has 0 saturated heterocycles. The molecule has 246 valence electrons. The quantitative estimate of drug-likeness (QED) is 0.240. The molecule has 6 aromatic rings. The van der Waals surface area contributed by atoms with E-state index in [-0.39, 0.29) is 22.4 Å². The van der Waals surface area contributed by atoms with Gasteiger partial charge in [-0.05, 0) is 74.3 Å². The molecule has 0 amide bonds. The normalized spacial score (nSPS) is 11.9. The molecule has 0 atom stereocenters. The fraction of sp³-hybridized carbons (Fsp3) is 0.394. The van der Waals surface area contributed by atoms with Gasteiger partial charge in [0.2, 0.25) is 5.82 Å². The van der Waals surface area contributed by atoms with Crippen LogP contribution < -0.4 is 16.2 Å². The largest absolute Gasteiger partial charge is 0.494 e. The van der Waals surface area contributed by atoms with Gasteiger partial charge in [-0.3, -0.25) is 0 Å². The number of imidazole rings is 3. The average Bonchev–Trinajstić information content (AvgIpc) is 3.73. The maximum Gasteiger partial charge on any atom is 0.208 e. The van der Waals surface area contributed by atoms with E-state index in [9.17, 15) is 0 Å². The van der Waals surface area contributed by atoms with Gasteiger partial charge in [0.25, 0.3) is 0 Å². The second-order valence-corrected chi connectivity index (χ2v) is 13.6. The van der Waals surface area contributed by atoms with E-state index in [1.165, 1.54) is 0 Å². The number of anilines is 2. The molecule has 0 aromatic carbocycles. The van der Waals surface area contributed by atoms with E-state index >= 15 is 0 Å². The van der Waals surface area contributed by atoms with Crippen molar-refractivity contribution in [2.24, 2.45) is 0 Å². The summed E-state index contributed by atoms with van der Waals surface area (Å²) in [5, 5.41) is 0. The Balaban J connectivity index is 0.000000160. The summed E-state index contributed by atoms with van der Waals surface area (Å²) < 4.78 is 11.2. The summed E-state index contributed by atoms with van der Waals surface area (Å²) >= 11 is 0. The van der Waals surface area contributed by atoms with Crippen LogP contribution in [0.3, 0.4) is 0 Å². The molecule has 0 bridgehead atoms. The van der Waals surface area contributed by atoms with E-state index in [0.29, 0.717) is 34.1 Å². The number of terminal acetylenes is 1. The number of ether oxygens (including phenoxy) is 1. The number of pyridine rings is 1. The van der Waals surface area contributed by atoms with Gasteiger partial charge in [0.1, 0.15) is 22.3 Å². The summed E-state index contributed by atoms with van der Waals surface area (Å²) in [7, 11) is 1.64. The molecule has 14 heteroatoms. The van der Waals surface area contributed by atoms with Gasteiger partial charge in [-0.15, -0.1) is 6.42 Å². The zero-order chi connectivity index (χ0) is 34.9. The van der Waals surface area contributed by atoms with Crippen molar-refractivity contribution in [2.45, 2.75) is 78.9 Å². The summed E-state index contributed by atoms with van der Waals surface area (Å²) in [6.45, 7) is 22.4. The Morgan fingerprint density at radius 3 is 1.64 bits per heavy atom. The molecule has 4 N–H and O–H groups in total. The van der Waals surface area contributed by atoms with Gasteiger partial charge in [0.15, 0.2) is 34.4 Å². The van der Waals surface area contributed by atoms with Crippen LogP contribution in [-0.4, -0.2) is 60.7 Å². The maximum absolute atomic E-state index is 5.81. The molecule has 0 saturated carbocycles. The van der Waals surface area contributed by atoms with Crippen molar-refractivity contribution in [1.82, 2.24) is 53.6 Å². The monoisotopic (exact) mass is 637 g/mol. The Morgan fingerprint density at radius 1 is 0.702 bits per heavy atom. The fourth-order valence-corrected chi connectivity index (χ4v) is 4.55. The highest BCUT2D eigenvalue weighted by atomic mass is 16.5. The summed E-state index contributed by atoms with van der Waals surface area (Å²) in [5.74, 6) is 4.68. The minimum Gasteiger partial charge on any atom is -0.494 e. The van der Waals surface area contributed by atoms with Crippen LogP contribution in [0, 0.1) is 12.3 Å². The Kier molecular flexibility index (Phi) is 9.24. The Bertz CT molecular complexity index is 2090. The second kappa shape index (κ2) is 12.7. The number of hydrogen-bond donors (Lipinski definition) is 2. The average molecular weight is 638 g/mol. The van der Waals surface area contributed by atoms with Gasteiger partial charge >= 0.3 is 0 Å². The first-order valence-electron chi connectivity index (χ1n) is 14.9. The number of fused-ring (bicyclic) bond motifs is 3. The van der Waals surface area contributed by atoms with E-state index in [2.05, 4.69) is 115 Å². The van der Waals surface area contributed by atoms with E-state index in [1.54, 1.807) is 38.4 Å². The molecular formula is C33H43N13O. The highest BCUT2D eigenvalue weighted by Crippen LogP contribution is 2.27. The van der Waals surface area contributed by atoms with Crippen molar-refractivity contribution in [3.05, 3.63) is 49.5 Å². The van der Waals surface area contributed by atoms with Gasteiger partial charge in [-0.1, -0.05) is 6.58 Å². The van der Waals surface area contributed by atoms with Crippen molar-refractivity contribution < 1.29 is 4.74 Å². The molecule has 6 aromatic heterocycles. The molecular weight excluding hydrogens is 594 g/mol. The van der Waals surface area contributed by atoms with Gasteiger partial charge < -0.3 is 29.9 Å². The van der Waals surface area contributed by atoms with Gasteiger partial charge in [-0.2, -0.15) is 0 Å². The third kappa shape index (κ3) is 7.14. The number of nitrogen functional groups attached to an aromatic ring is 2. The van der Waals surface area contributed by atoms with Crippen LogP contribution in [0.2, 0.25) is 0 Å². The number of nitrogens with two attached hydrogens (primary N) is 2. The molecule has 0 fully saturated rings. The molecule has 6 rings (SSSR count). The van der Waals surface area contributed by atoms with Crippen LogP contribution in [0.25, 0.3) is 39.6 Å². The van der Waals surface area contributed by atoms with E-state index < -0.39 is 0 Å². The van der Waals surface area contributed by atoms with Crippen LogP contribution in [0.5, 0.6) is 5.75 Å². The maximum atomic E-state index is 5.81. The predicted octanol–water partition coefficient (Wildman–Crippen LogP) is 5.15. The van der Waals surface area contributed by atoms with Gasteiger partial charge in [-0.25, -0.2) is 39.9 Å². The third-order valence-electron chi connectivity index (χ3n) is 6.96. The summed E-state index contributed by atoms with van der Waals surface area (Å²) in [5.41, 5.74) is 15.7. The number of hydrogen-bond acceptors (Lipinski definition) is 11. The Labute approximate surface area is 274 Å².